The topological polar surface area (TPSA) is 71.1 Å². The van der Waals surface area contributed by atoms with Crippen LogP contribution in [-0.4, -0.2) is 22.8 Å². The molecule has 0 saturated heterocycles. The van der Waals surface area contributed by atoms with Crippen LogP contribution in [0.15, 0.2) is 48.5 Å². The molecule has 0 spiro atoms. The predicted molar refractivity (Wildman–Crippen MR) is 93.6 cm³/mol. The number of aryl methyl sites for hydroxylation is 1. The van der Waals surface area contributed by atoms with E-state index >= 15 is 0 Å². The standard InChI is InChI=1S/C19H19N3O2/c1-13-3-2-4-17(20-13)22-18(23)12-7-14-5-8-15(9-6-14)19(24)21-16-10-11-16/h2-9,12,16H,10-11H2,1H3,(H,21,24)(H,20,22,23). The Balaban J connectivity index is 1.57. The Labute approximate surface area is 140 Å². The van der Waals surface area contributed by atoms with Crippen LogP contribution in [0.5, 0.6) is 0 Å². The summed E-state index contributed by atoms with van der Waals surface area (Å²) >= 11 is 0. The first-order valence-corrected chi connectivity index (χ1v) is 7.94. The van der Waals surface area contributed by atoms with Crippen LogP contribution in [0.25, 0.3) is 6.08 Å². The molecule has 2 amide bonds. The van der Waals surface area contributed by atoms with E-state index in [0.717, 1.165) is 24.1 Å². The molecule has 2 N–H and O–H groups in total. The fourth-order valence-electron chi connectivity index (χ4n) is 2.19. The number of pyridine rings is 1. The lowest BCUT2D eigenvalue weighted by atomic mass is 10.1. The van der Waals surface area contributed by atoms with Crippen molar-refractivity contribution in [1.82, 2.24) is 10.3 Å². The van der Waals surface area contributed by atoms with Gasteiger partial charge in [0.05, 0.1) is 0 Å². The predicted octanol–water partition coefficient (Wildman–Crippen LogP) is 2.93. The van der Waals surface area contributed by atoms with Crippen molar-refractivity contribution in [2.45, 2.75) is 25.8 Å². The second kappa shape index (κ2) is 7.08. The summed E-state index contributed by atoms with van der Waals surface area (Å²) in [7, 11) is 0. The van der Waals surface area contributed by atoms with Crippen LogP contribution >= 0.6 is 0 Å². The molecule has 5 heteroatoms. The van der Waals surface area contributed by atoms with Crippen molar-refractivity contribution in [3.05, 3.63) is 65.4 Å². The number of carbonyl (C=O) groups is 2. The van der Waals surface area contributed by atoms with Gasteiger partial charge in [-0.05, 0) is 55.7 Å². The minimum atomic E-state index is -0.247. The van der Waals surface area contributed by atoms with Crippen LogP contribution in [0, 0.1) is 6.92 Å². The summed E-state index contributed by atoms with van der Waals surface area (Å²) in [6.45, 7) is 1.87. The molecule has 122 valence electrons. The summed E-state index contributed by atoms with van der Waals surface area (Å²) in [5.41, 5.74) is 2.33. The number of hydrogen-bond donors (Lipinski definition) is 2. The molecule has 1 aliphatic rings. The van der Waals surface area contributed by atoms with E-state index in [4.69, 9.17) is 0 Å². The van der Waals surface area contributed by atoms with Gasteiger partial charge in [-0.1, -0.05) is 18.2 Å². The van der Waals surface area contributed by atoms with Crippen LogP contribution in [0.4, 0.5) is 5.82 Å². The third kappa shape index (κ3) is 4.52. The molecule has 24 heavy (non-hydrogen) atoms. The molecule has 2 aromatic rings. The van der Waals surface area contributed by atoms with E-state index in [-0.39, 0.29) is 11.8 Å². The number of carbonyl (C=O) groups excluding carboxylic acids is 2. The smallest absolute Gasteiger partial charge is 0.251 e. The molecule has 1 fully saturated rings. The maximum atomic E-state index is 11.9. The number of amides is 2. The van der Waals surface area contributed by atoms with Crippen LogP contribution in [0.2, 0.25) is 0 Å². The van der Waals surface area contributed by atoms with E-state index in [1.165, 1.54) is 6.08 Å². The van der Waals surface area contributed by atoms with E-state index in [2.05, 4.69) is 15.6 Å². The molecular formula is C19H19N3O2. The summed E-state index contributed by atoms with van der Waals surface area (Å²) in [4.78, 5) is 28.0. The fourth-order valence-corrected chi connectivity index (χ4v) is 2.19. The molecular weight excluding hydrogens is 302 g/mol. The van der Waals surface area contributed by atoms with Gasteiger partial charge < -0.3 is 10.6 Å². The van der Waals surface area contributed by atoms with Gasteiger partial charge in [-0.2, -0.15) is 0 Å². The highest BCUT2D eigenvalue weighted by Crippen LogP contribution is 2.19. The van der Waals surface area contributed by atoms with Crippen LogP contribution in [-0.2, 0) is 4.79 Å². The molecule has 1 saturated carbocycles. The van der Waals surface area contributed by atoms with Crippen molar-refractivity contribution in [3.63, 3.8) is 0 Å². The van der Waals surface area contributed by atoms with Gasteiger partial charge >= 0.3 is 0 Å². The Kier molecular flexibility index (Phi) is 4.70. The van der Waals surface area contributed by atoms with Gasteiger partial charge in [0, 0.05) is 23.4 Å². The third-order valence-electron chi connectivity index (χ3n) is 3.65. The van der Waals surface area contributed by atoms with E-state index in [1.54, 1.807) is 24.3 Å². The highest BCUT2D eigenvalue weighted by Gasteiger charge is 2.23. The molecule has 0 aliphatic heterocycles. The van der Waals surface area contributed by atoms with Crippen LogP contribution < -0.4 is 10.6 Å². The van der Waals surface area contributed by atoms with Gasteiger partial charge in [0.1, 0.15) is 5.82 Å². The van der Waals surface area contributed by atoms with Gasteiger partial charge in [0.2, 0.25) is 5.91 Å². The quantitative estimate of drug-likeness (QED) is 0.832. The SMILES string of the molecule is Cc1cccc(NC(=O)C=Cc2ccc(C(=O)NC3CC3)cc2)n1. The van der Waals surface area contributed by atoms with Crippen LogP contribution in [0.3, 0.4) is 0 Å². The van der Waals surface area contributed by atoms with Crippen molar-refractivity contribution >= 4 is 23.7 Å². The number of hydrogen-bond acceptors (Lipinski definition) is 3. The molecule has 1 aromatic carbocycles. The molecule has 1 heterocycles. The maximum Gasteiger partial charge on any atom is 0.251 e. The lowest BCUT2D eigenvalue weighted by molar-refractivity contribution is -0.111. The Morgan fingerprint density at radius 1 is 1.12 bits per heavy atom. The minimum absolute atomic E-state index is 0.0451. The summed E-state index contributed by atoms with van der Waals surface area (Å²) in [6.07, 6.45) is 5.28. The van der Waals surface area contributed by atoms with Gasteiger partial charge in [-0.25, -0.2) is 4.98 Å². The molecule has 0 unspecified atom stereocenters. The van der Waals surface area contributed by atoms with Gasteiger partial charge in [0.25, 0.3) is 5.91 Å². The van der Waals surface area contributed by atoms with Gasteiger partial charge in [0.15, 0.2) is 0 Å². The second-order valence-corrected chi connectivity index (χ2v) is 5.86. The number of nitrogens with zero attached hydrogens (tertiary/aromatic N) is 1. The maximum absolute atomic E-state index is 11.9. The zero-order valence-corrected chi connectivity index (χ0v) is 13.5. The highest BCUT2D eigenvalue weighted by atomic mass is 16.2. The summed E-state index contributed by atoms with van der Waals surface area (Å²) in [5.74, 6) is 0.233. The number of nitrogens with one attached hydrogen (secondary N) is 2. The van der Waals surface area contributed by atoms with Crippen molar-refractivity contribution < 1.29 is 9.59 Å². The van der Waals surface area contributed by atoms with E-state index in [0.29, 0.717) is 17.4 Å². The molecule has 0 atom stereocenters. The number of anilines is 1. The lowest BCUT2D eigenvalue weighted by Gasteiger charge is -2.03. The Morgan fingerprint density at radius 2 is 1.88 bits per heavy atom. The Bertz CT molecular complexity index is 777. The highest BCUT2D eigenvalue weighted by molar-refractivity contribution is 6.01. The zero-order valence-electron chi connectivity index (χ0n) is 13.5. The minimum Gasteiger partial charge on any atom is -0.349 e. The van der Waals surface area contributed by atoms with Gasteiger partial charge in [-0.15, -0.1) is 0 Å². The molecule has 0 radical (unpaired) electrons. The summed E-state index contributed by atoms with van der Waals surface area (Å²) in [6, 6.07) is 12.9. The van der Waals surface area contributed by atoms with Crippen molar-refractivity contribution in [2.75, 3.05) is 5.32 Å². The lowest BCUT2D eigenvalue weighted by Crippen LogP contribution is -2.25. The molecule has 1 aromatic heterocycles. The van der Waals surface area contributed by atoms with Gasteiger partial charge in [-0.3, -0.25) is 9.59 Å². The Morgan fingerprint density at radius 3 is 2.54 bits per heavy atom. The first kappa shape index (κ1) is 15.9. The molecule has 1 aliphatic carbocycles. The average molecular weight is 321 g/mol. The fraction of sp³-hybridized carbons (Fsp3) is 0.211. The first-order valence-electron chi connectivity index (χ1n) is 7.94. The third-order valence-corrected chi connectivity index (χ3v) is 3.65. The van der Waals surface area contributed by atoms with Crippen molar-refractivity contribution in [2.24, 2.45) is 0 Å². The van der Waals surface area contributed by atoms with Crippen molar-refractivity contribution in [3.8, 4) is 0 Å². The van der Waals surface area contributed by atoms with E-state index in [9.17, 15) is 9.59 Å². The number of rotatable bonds is 5. The van der Waals surface area contributed by atoms with Crippen molar-refractivity contribution in [1.29, 1.82) is 0 Å². The molecule has 3 rings (SSSR count). The molecule has 0 bridgehead atoms. The average Bonchev–Trinajstić information content (AvgIpc) is 3.37. The van der Waals surface area contributed by atoms with Crippen LogP contribution in [0.1, 0.15) is 34.5 Å². The number of benzene rings is 1. The Hall–Kier alpha value is -2.95. The number of aromatic nitrogens is 1. The zero-order chi connectivity index (χ0) is 16.9. The van der Waals surface area contributed by atoms with E-state index < -0.39 is 0 Å². The first-order chi connectivity index (χ1) is 11.6. The van der Waals surface area contributed by atoms with E-state index in [1.807, 2.05) is 31.2 Å². The summed E-state index contributed by atoms with van der Waals surface area (Å²) < 4.78 is 0. The second-order valence-electron chi connectivity index (χ2n) is 5.86. The monoisotopic (exact) mass is 321 g/mol. The molecule has 5 nitrogen and oxygen atoms in total. The summed E-state index contributed by atoms with van der Waals surface area (Å²) in [5, 5.41) is 5.65. The normalized spacial score (nSPS) is 13.7. The largest absolute Gasteiger partial charge is 0.349 e.